The highest BCUT2D eigenvalue weighted by Crippen LogP contribution is 2.23. The maximum Gasteiger partial charge on any atom is 0.0449 e. The van der Waals surface area contributed by atoms with E-state index >= 15 is 0 Å². The summed E-state index contributed by atoms with van der Waals surface area (Å²) in [5.74, 6) is 3.36. The van der Waals surface area contributed by atoms with E-state index < -0.39 is 0 Å². The number of alkyl halides is 1. The van der Waals surface area contributed by atoms with Gasteiger partial charge in [-0.1, -0.05) is 30.7 Å². The summed E-state index contributed by atoms with van der Waals surface area (Å²) in [7, 11) is 0. The fourth-order valence-electron chi connectivity index (χ4n) is 1.18. The molecule has 0 nitrogen and oxygen atoms in total. The molecule has 0 aliphatic heterocycles. The van der Waals surface area contributed by atoms with E-state index in [0.29, 0.717) is 5.92 Å². The van der Waals surface area contributed by atoms with Gasteiger partial charge in [0.15, 0.2) is 0 Å². The number of thioether (sulfide) groups is 1. The smallest absolute Gasteiger partial charge is 0.0449 e. The highest BCUT2D eigenvalue weighted by molar-refractivity contribution is 7.98. The van der Waals surface area contributed by atoms with Crippen LogP contribution in [0.2, 0.25) is 5.02 Å². The molecule has 0 aliphatic rings. The van der Waals surface area contributed by atoms with Crippen molar-refractivity contribution in [1.82, 2.24) is 0 Å². The molecule has 0 heterocycles. The summed E-state index contributed by atoms with van der Waals surface area (Å²) < 4.78 is 0. The molecule has 1 aromatic rings. The van der Waals surface area contributed by atoms with Crippen molar-refractivity contribution < 1.29 is 0 Å². The van der Waals surface area contributed by atoms with Gasteiger partial charge in [0.05, 0.1) is 0 Å². The van der Waals surface area contributed by atoms with Crippen molar-refractivity contribution in [3.63, 3.8) is 0 Å². The van der Waals surface area contributed by atoms with Crippen LogP contribution >= 0.6 is 35.0 Å². The Balaban J connectivity index is 2.44. The molecule has 1 unspecified atom stereocenters. The number of halogens is 2. The topological polar surface area (TPSA) is 0 Å². The molecule has 0 spiro atoms. The molecule has 0 aromatic heterocycles. The van der Waals surface area contributed by atoms with Crippen LogP contribution in [0.1, 0.15) is 18.1 Å². The van der Waals surface area contributed by atoms with Gasteiger partial charge in [0.2, 0.25) is 0 Å². The fourth-order valence-corrected chi connectivity index (χ4v) is 2.91. The van der Waals surface area contributed by atoms with Crippen LogP contribution in [0.4, 0.5) is 0 Å². The van der Waals surface area contributed by atoms with Crippen molar-refractivity contribution in [2.45, 2.75) is 19.6 Å². The first-order chi connectivity index (χ1) is 7.13. The quantitative estimate of drug-likeness (QED) is 0.690. The van der Waals surface area contributed by atoms with Crippen molar-refractivity contribution in [3.05, 3.63) is 34.3 Å². The van der Waals surface area contributed by atoms with E-state index in [1.807, 2.05) is 17.8 Å². The Labute approximate surface area is 106 Å². The Bertz CT molecular complexity index is 312. The van der Waals surface area contributed by atoms with Gasteiger partial charge in [-0.25, -0.2) is 0 Å². The predicted molar refractivity (Wildman–Crippen MR) is 72.2 cm³/mol. The van der Waals surface area contributed by atoms with Crippen LogP contribution in [0, 0.1) is 12.8 Å². The first-order valence-electron chi connectivity index (χ1n) is 5.02. The summed E-state index contributed by atoms with van der Waals surface area (Å²) in [6, 6.07) is 6.23. The summed E-state index contributed by atoms with van der Waals surface area (Å²) >= 11 is 13.8. The largest absolute Gasteiger partial charge is 0.157 e. The molecule has 0 saturated carbocycles. The molecule has 0 aliphatic carbocycles. The minimum atomic E-state index is 0.570. The molecule has 84 valence electrons. The Morgan fingerprint density at radius 2 is 2.13 bits per heavy atom. The van der Waals surface area contributed by atoms with Gasteiger partial charge in [-0.05, 0) is 35.8 Å². The van der Waals surface area contributed by atoms with E-state index in [-0.39, 0.29) is 0 Å². The van der Waals surface area contributed by atoms with Crippen LogP contribution < -0.4 is 0 Å². The Morgan fingerprint density at radius 3 is 2.73 bits per heavy atom. The third-order valence-electron chi connectivity index (χ3n) is 2.13. The van der Waals surface area contributed by atoms with Gasteiger partial charge in [0.1, 0.15) is 0 Å². The molecule has 15 heavy (non-hydrogen) atoms. The van der Waals surface area contributed by atoms with Gasteiger partial charge >= 0.3 is 0 Å². The SMILES string of the molecule is Cc1ccc(CSCC(C)CCl)c(Cl)c1. The normalized spacial score (nSPS) is 12.8. The van der Waals surface area contributed by atoms with E-state index in [9.17, 15) is 0 Å². The minimum absolute atomic E-state index is 0.570. The summed E-state index contributed by atoms with van der Waals surface area (Å²) in [5, 5.41) is 0.876. The zero-order valence-electron chi connectivity index (χ0n) is 9.09. The third kappa shape index (κ3) is 4.67. The molecule has 3 heteroatoms. The van der Waals surface area contributed by atoms with Crippen LogP contribution in [-0.2, 0) is 5.75 Å². The zero-order valence-corrected chi connectivity index (χ0v) is 11.4. The molecule has 0 saturated heterocycles. The second kappa shape index (κ2) is 6.67. The summed E-state index contributed by atoms with van der Waals surface area (Å²) in [4.78, 5) is 0. The summed E-state index contributed by atoms with van der Waals surface area (Å²) in [5.41, 5.74) is 2.43. The highest BCUT2D eigenvalue weighted by Gasteiger charge is 2.03. The maximum atomic E-state index is 6.14. The van der Waals surface area contributed by atoms with E-state index in [0.717, 1.165) is 22.4 Å². The second-order valence-electron chi connectivity index (χ2n) is 3.87. The Kier molecular flexibility index (Phi) is 5.88. The molecule has 0 amide bonds. The minimum Gasteiger partial charge on any atom is -0.157 e. The fraction of sp³-hybridized carbons (Fsp3) is 0.500. The van der Waals surface area contributed by atoms with Gasteiger partial charge in [-0.3, -0.25) is 0 Å². The van der Waals surface area contributed by atoms with Crippen molar-refractivity contribution in [2.75, 3.05) is 11.6 Å². The molecule has 1 atom stereocenters. The molecule has 1 rings (SSSR count). The Hall–Kier alpha value is 0.150. The molecule has 0 radical (unpaired) electrons. The number of hydrogen-bond acceptors (Lipinski definition) is 1. The van der Waals surface area contributed by atoms with Crippen molar-refractivity contribution in [2.24, 2.45) is 5.92 Å². The molecular formula is C12H16Cl2S. The van der Waals surface area contributed by atoms with Crippen LogP contribution in [0.15, 0.2) is 18.2 Å². The predicted octanol–water partition coefficient (Wildman–Crippen LogP) is 4.76. The van der Waals surface area contributed by atoms with Crippen LogP contribution in [0.5, 0.6) is 0 Å². The number of benzene rings is 1. The lowest BCUT2D eigenvalue weighted by Gasteiger charge is -2.08. The highest BCUT2D eigenvalue weighted by atomic mass is 35.5. The molecular weight excluding hydrogens is 247 g/mol. The van der Waals surface area contributed by atoms with Crippen LogP contribution in [-0.4, -0.2) is 11.6 Å². The van der Waals surface area contributed by atoms with Crippen molar-refractivity contribution in [3.8, 4) is 0 Å². The van der Waals surface area contributed by atoms with Gasteiger partial charge in [0, 0.05) is 16.7 Å². The number of hydrogen-bond donors (Lipinski definition) is 0. The van der Waals surface area contributed by atoms with Crippen molar-refractivity contribution >= 4 is 35.0 Å². The average molecular weight is 263 g/mol. The standard InChI is InChI=1S/C12H16Cl2S/c1-9-3-4-11(12(14)5-9)8-15-7-10(2)6-13/h3-5,10H,6-8H2,1-2H3. The molecule has 0 N–H and O–H groups in total. The first kappa shape index (κ1) is 13.2. The van der Waals surface area contributed by atoms with E-state index in [1.165, 1.54) is 11.1 Å². The lowest BCUT2D eigenvalue weighted by Crippen LogP contribution is -1.99. The Morgan fingerprint density at radius 1 is 1.40 bits per heavy atom. The van der Waals surface area contributed by atoms with Crippen LogP contribution in [0.25, 0.3) is 0 Å². The first-order valence-corrected chi connectivity index (χ1v) is 7.09. The maximum absolute atomic E-state index is 6.14. The molecule has 0 bridgehead atoms. The monoisotopic (exact) mass is 262 g/mol. The molecule has 0 fully saturated rings. The lowest BCUT2D eigenvalue weighted by molar-refractivity contribution is 0.759. The van der Waals surface area contributed by atoms with Gasteiger partial charge in [-0.2, -0.15) is 11.8 Å². The third-order valence-corrected chi connectivity index (χ3v) is 4.33. The average Bonchev–Trinajstić information content (AvgIpc) is 2.21. The van der Waals surface area contributed by atoms with Gasteiger partial charge in [-0.15, -0.1) is 11.6 Å². The van der Waals surface area contributed by atoms with Gasteiger partial charge in [0.25, 0.3) is 0 Å². The van der Waals surface area contributed by atoms with E-state index in [2.05, 4.69) is 26.0 Å². The number of aryl methyl sites for hydroxylation is 1. The van der Waals surface area contributed by atoms with Crippen LogP contribution in [0.3, 0.4) is 0 Å². The van der Waals surface area contributed by atoms with Crippen molar-refractivity contribution in [1.29, 1.82) is 0 Å². The summed E-state index contributed by atoms with van der Waals surface area (Å²) in [6.07, 6.45) is 0. The van der Waals surface area contributed by atoms with Gasteiger partial charge < -0.3 is 0 Å². The molecule has 1 aromatic carbocycles. The summed E-state index contributed by atoms with van der Waals surface area (Å²) in [6.45, 7) is 4.22. The van der Waals surface area contributed by atoms with E-state index in [4.69, 9.17) is 23.2 Å². The van der Waals surface area contributed by atoms with E-state index in [1.54, 1.807) is 0 Å². The zero-order chi connectivity index (χ0) is 11.3. The lowest BCUT2D eigenvalue weighted by atomic mass is 10.2. The second-order valence-corrected chi connectivity index (χ2v) is 5.62. The number of rotatable bonds is 5.